The zero-order chi connectivity index (χ0) is 22.6. The molecule has 0 amide bonds. The smallest absolute Gasteiger partial charge is 0.302 e. The van der Waals surface area contributed by atoms with Crippen LogP contribution in [0, 0.1) is 6.92 Å². The highest BCUT2D eigenvalue weighted by molar-refractivity contribution is 7.89. The number of rotatable bonds is 9. The Labute approximate surface area is 182 Å². The van der Waals surface area contributed by atoms with Gasteiger partial charge in [-0.15, -0.1) is 0 Å². The van der Waals surface area contributed by atoms with Crippen LogP contribution >= 0.6 is 0 Å². The maximum Gasteiger partial charge on any atom is 0.302 e. The van der Waals surface area contributed by atoms with E-state index in [1.807, 2.05) is 42.7 Å². The lowest BCUT2D eigenvalue weighted by atomic mass is 10.2. The van der Waals surface area contributed by atoms with Gasteiger partial charge in [-0.2, -0.15) is 0 Å². The van der Waals surface area contributed by atoms with Gasteiger partial charge < -0.3 is 14.2 Å². The molecule has 0 aliphatic heterocycles. The van der Waals surface area contributed by atoms with Crippen LogP contribution in [0.4, 0.5) is 0 Å². The van der Waals surface area contributed by atoms with Gasteiger partial charge in [-0.25, -0.2) is 18.1 Å². The van der Waals surface area contributed by atoms with Crippen molar-refractivity contribution in [3.63, 3.8) is 0 Å². The van der Waals surface area contributed by atoms with Gasteiger partial charge in [0.25, 0.3) is 0 Å². The van der Waals surface area contributed by atoms with Crippen LogP contribution in [0.1, 0.15) is 31.1 Å². The molecule has 0 aliphatic rings. The van der Waals surface area contributed by atoms with Crippen LogP contribution in [0.5, 0.6) is 23.3 Å². The van der Waals surface area contributed by atoms with Gasteiger partial charge in [0.15, 0.2) is 0 Å². The molecule has 9 heteroatoms. The van der Waals surface area contributed by atoms with Gasteiger partial charge in [-0.3, -0.25) is 4.57 Å². The summed E-state index contributed by atoms with van der Waals surface area (Å²) in [4.78, 5) is 4.38. The zero-order valence-electron chi connectivity index (χ0n) is 18.2. The third-order valence-electron chi connectivity index (χ3n) is 4.83. The molecule has 0 saturated carbocycles. The van der Waals surface area contributed by atoms with E-state index in [0.717, 1.165) is 5.56 Å². The Balaban J connectivity index is 1.85. The van der Waals surface area contributed by atoms with Gasteiger partial charge in [0.1, 0.15) is 22.1 Å². The van der Waals surface area contributed by atoms with Crippen LogP contribution in [0.15, 0.2) is 53.6 Å². The molecule has 31 heavy (non-hydrogen) atoms. The summed E-state index contributed by atoms with van der Waals surface area (Å²) in [7, 11) is -0.947. The van der Waals surface area contributed by atoms with E-state index in [0.29, 0.717) is 29.7 Å². The first-order valence-corrected chi connectivity index (χ1v) is 11.3. The predicted molar refractivity (Wildman–Crippen MR) is 117 cm³/mol. The summed E-state index contributed by atoms with van der Waals surface area (Å²) in [6.07, 6.45) is 1.62. The standard InChI is InChI=1S/C22H27N3O5S/c1-6-25-19(14-23-22(25)30-17-9-7-15(2)8-10-17)16(3)24-31(26,27)21-12-11-18(28-4)13-20(21)29-5/h7-14,16,24H,6H2,1-5H3. The molecule has 0 aliphatic carbocycles. The normalized spacial score (nSPS) is 12.4. The number of aryl methyl sites for hydroxylation is 1. The highest BCUT2D eigenvalue weighted by atomic mass is 32.2. The second-order valence-corrected chi connectivity index (χ2v) is 8.67. The van der Waals surface area contributed by atoms with E-state index < -0.39 is 16.1 Å². The fraction of sp³-hybridized carbons (Fsp3) is 0.318. The largest absolute Gasteiger partial charge is 0.497 e. The Hall–Kier alpha value is -3.04. The second-order valence-electron chi connectivity index (χ2n) is 6.98. The van der Waals surface area contributed by atoms with E-state index in [-0.39, 0.29) is 10.6 Å². The number of imidazole rings is 1. The van der Waals surface area contributed by atoms with Crippen molar-refractivity contribution < 1.29 is 22.6 Å². The average Bonchev–Trinajstić information content (AvgIpc) is 3.17. The van der Waals surface area contributed by atoms with E-state index in [4.69, 9.17) is 14.2 Å². The highest BCUT2D eigenvalue weighted by Crippen LogP contribution is 2.30. The predicted octanol–water partition coefficient (Wildman–Crippen LogP) is 4.06. The van der Waals surface area contributed by atoms with Crippen LogP contribution < -0.4 is 18.9 Å². The SMILES string of the molecule is CCn1c(C(C)NS(=O)(=O)c2ccc(OC)cc2OC)cnc1Oc1ccc(C)cc1. The summed E-state index contributed by atoms with van der Waals surface area (Å²) < 4.78 is 46.9. The molecule has 3 rings (SSSR count). The van der Waals surface area contributed by atoms with E-state index in [9.17, 15) is 8.42 Å². The molecular weight excluding hydrogens is 418 g/mol. The Morgan fingerprint density at radius 3 is 2.35 bits per heavy atom. The molecule has 1 atom stereocenters. The molecule has 1 aromatic heterocycles. The molecule has 0 radical (unpaired) electrons. The van der Waals surface area contributed by atoms with Crippen molar-refractivity contribution in [2.24, 2.45) is 0 Å². The molecule has 1 N–H and O–H groups in total. The minimum atomic E-state index is -3.87. The van der Waals surface area contributed by atoms with Crippen LogP contribution in [0.3, 0.4) is 0 Å². The van der Waals surface area contributed by atoms with Crippen molar-refractivity contribution >= 4 is 10.0 Å². The molecular formula is C22H27N3O5S. The number of ether oxygens (including phenoxy) is 3. The van der Waals surface area contributed by atoms with E-state index in [2.05, 4.69) is 9.71 Å². The van der Waals surface area contributed by atoms with Crippen LogP contribution in [0.25, 0.3) is 0 Å². The summed E-state index contributed by atoms with van der Waals surface area (Å²) in [6, 6.07) is 12.0. The zero-order valence-corrected chi connectivity index (χ0v) is 19.1. The summed E-state index contributed by atoms with van der Waals surface area (Å²) >= 11 is 0. The van der Waals surface area contributed by atoms with Gasteiger partial charge in [0, 0.05) is 12.6 Å². The van der Waals surface area contributed by atoms with Crippen molar-refractivity contribution in [3.05, 3.63) is 59.9 Å². The number of hydrogen-bond acceptors (Lipinski definition) is 6. The number of aromatic nitrogens is 2. The Morgan fingerprint density at radius 1 is 1.06 bits per heavy atom. The van der Waals surface area contributed by atoms with Gasteiger partial charge in [0.05, 0.1) is 32.2 Å². The number of benzene rings is 2. The van der Waals surface area contributed by atoms with Crippen molar-refractivity contribution in [2.75, 3.05) is 14.2 Å². The Morgan fingerprint density at radius 2 is 1.74 bits per heavy atom. The quantitative estimate of drug-likeness (QED) is 0.534. The van der Waals surface area contributed by atoms with E-state index >= 15 is 0 Å². The molecule has 8 nitrogen and oxygen atoms in total. The van der Waals surface area contributed by atoms with E-state index in [1.165, 1.54) is 26.4 Å². The minimum absolute atomic E-state index is 0.0290. The summed E-state index contributed by atoms with van der Waals surface area (Å²) in [5.41, 5.74) is 1.81. The van der Waals surface area contributed by atoms with Gasteiger partial charge in [-0.1, -0.05) is 17.7 Å². The molecule has 166 valence electrons. The van der Waals surface area contributed by atoms with Crippen molar-refractivity contribution in [1.82, 2.24) is 14.3 Å². The number of nitrogens with one attached hydrogen (secondary N) is 1. The van der Waals surface area contributed by atoms with Crippen LogP contribution in [-0.2, 0) is 16.6 Å². The van der Waals surface area contributed by atoms with Gasteiger partial charge in [-0.05, 0) is 45.0 Å². The summed E-state index contributed by atoms with van der Waals surface area (Å²) in [5, 5.41) is 0. The summed E-state index contributed by atoms with van der Waals surface area (Å²) in [6.45, 7) is 6.27. The number of nitrogens with zero attached hydrogens (tertiary/aromatic N) is 2. The van der Waals surface area contributed by atoms with Crippen LogP contribution in [0.2, 0.25) is 0 Å². The monoisotopic (exact) mass is 445 g/mol. The van der Waals surface area contributed by atoms with Crippen molar-refractivity contribution in [1.29, 1.82) is 0 Å². The van der Waals surface area contributed by atoms with Crippen LogP contribution in [-0.4, -0.2) is 32.2 Å². The lowest BCUT2D eigenvalue weighted by molar-refractivity contribution is 0.385. The first-order chi connectivity index (χ1) is 14.8. The highest BCUT2D eigenvalue weighted by Gasteiger charge is 2.25. The third kappa shape index (κ3) is 5.00. The molecule has 0 bridgehead atoms. The first kappa shape index (κ1) is 22.6. The molecule has 0 saturated heterocycles. The number of methoxy groups -OCH3 is 2. The first-order valence-electron chi connectivity index (χ1n) is 9.83. The fourth-order valence-corrected chi connectivity index (χ4v) is 4.55. The average molecular weight is 446 g/mol. The number of sulfonamides is 1. The second kappa shape index (κ2) is 9.40. The minimum Gasteiger partial charge on any atom is -0.497 e. The number of hydrogen-bond donors (Lipinski definition) is 1. The lowest BCUT2D eigenvalue weighted by Gasteiger charge is -2.18. The molecule has 2 aromatic carbocycles. The maximum absolute atomic E-state index is 13.0. The molecule has 1 heterocycles. The van der Waals surface area contributed by atoms with Crippen molar-refractivity contribution in [3.8, 4) is 23.3 Å². The topological polar surface area (TPSA) is 91.7 Å². The lowest BCUT2D eigenvalue weighted by Crippen LogP contribution is -2.28. The van der Waals surface area contributed by atoms with E-state index in [1.54, 1.807) is 19.2 Å². The summed E-state index contributed by atoms with van der Waals surface area (Å²) in [5.74, 6) is 1.37. The Kier molecular flexibility index (Phi) is 6.87. The third-order valence-corrected chi connectivity index (χ3v) is 6.41. The molecule has 1 unspecified atom stereocenters. The van der Waals surface area contributed by atoms with Gasteiger partial charge >= 0.3 is 6.01 Å². The van der Waals surface area contributed by atoms with Crippen molar-refractivity contribution in [2.45, 2.75) is 38.3 Å². The van der Waals surface area contributed by atoms with Gasteiger partial charge in [0.2, 0.25) is 10.0 Å². The Bertz CT molecular complexity index is 1140. The molecule has 0 fully saturated rings. The fourth-order valence-electron chi connectivity index (χ4n) is 3.18. The maximum atomic E-state index is 13.0. The molecule has 3 aromatic rings. The molecule has 0 spiro atoms.